The molecule has 5 nitrogen and oxygen atoms in total. The number of rotatable bonds is 6. The van der Waals surface area contributed by atoms with Crippen molar-refractivity contribution < 1.29 is 13.2 Å². The van der Waals surface area contributed by atoms with Crippen LogP contribution in [0.15, 0.2) is 0 Å². The zero-order valence-electron chi connectivity index (χ0n) is 13.5. The first-order valence-electron chi connectivity index (χ1n) is 8.37. The van der Waals surface area contributed by atoms with Gasteiger partial charge in [-0.05, 0) is 25.2 Å². The van der Waals surface area contributed by atoms with E-state index in [-0.39, 0.29) is 6.10 Å². The van der Waals surface area contributed by atoms with E-state index < -0.39 is 10.2 Å². The molecule has 0 aromatic heterocycles. The van der Waals surface area contributed by atoms with Crippen LogP contribution < -0.4 is 0 Å². The minimum atomic E-state index is -3.27. The summed E-state index contributed by atoms with van der Waals surface area (Å²) in [7, 11) is -3.27. The van der Waals surface area contributed by atoms with E-state index in [1.165, 1.54) is 6.42 Å². The maximum Gasteiger partial charge on any atom is 0.282 e. The van der Waals surface area contributed by atoms with Crippen molar-refractivity contribution in [3.8, 4) is 0 Å². The average molecular weight is 318 g/mol. The molecule has 2 saturated heterocycles. The van der Waals surface area contributed by atoms with Crippen LogP contribution in [0.5, 0.6) is 0 Å². The summed E-state index contributed by atoms with van der Waals surface area (Å²) in [5, 5.41) is 0. The number of hydrogen-bond acceptors (Lipinski definition) is 3. The molecule has 0 spiro atoms. The molecule has 124 valence electrons. The predicted molar refractivity (Wildman–Crippen MR) is 84.3 cm³/mol. The van der Waals surface area contributed by atoms with Crippen molar-refractivity contribution >= 4 is 10.2 Å². The van der Waals surface area contributed by atoms with Crippen LogP contribution in [0.4, 0.5) is 0 Å². The van der Waals surface area contributed by atoms with Crippen molar-refractivity contribution in [3.63, 3.8) is 0 Å². The predicted octanol–water partition coefficient (Wildman–Crippen LogP) is 2.24. The number of morpholine rings is 1. The highest BCUT2D eigenvalue weighted by molar-refractivity contribution is 7.86. The highest BCUT2D eigenvalue weighted by atomic mass is 32.2. The number of hydrogen-bond donors (Lipinski definition) is 0. The maximum atomic E-state index is 12.7. The van der Waals surface area contributed by atoms with Gasteiger partial charge in [0.2, 0.25) is 0 Å². The second kappa shape index (κ2) is 7.90. The minimum absolute atomic E-state index is 0.0667. The van der Waals surface area contributed by atoms with Crippen molar-refractivity contribution in [1.82, 2.24) is 8.61 Å². The van der Waals surface area contributed by atoms with Gasteiger partial charge < -0.3 is 4.74 Å². The molecule has 0 radical (unpaired) electrons. The maximum absolute atomic E-state index is 12.7. The van der Waals surface area contributed by atoms with Crippen LogP contribution in [0.3, 0.4) is 0 Å². The highest BCUT2D eigenvalue weighted by Crippen LogP contribution is 2.21. The lowest BCUT2D eigenvalue weighted by Gasteiger charge is -2.36. The van der Waals surface area contributed by atoms with E-state index >= 15 is 0 Å². The fraction of sp³-hybridized carbons (Fsp3) is 1.00. The lowest BCUT2D eigenvalue weighted by Crippen LogP contribution is -2.52. The second-order valence-electron chi connectivity index (χ2n) is 6.64. The van der Waals surface area contributed by atoms with Gasteiger partial charge in [0.25, 0.3) is 10.2 Å². The lowest BCUT2D eigenvalue weighted by molar-refractivity contribution is -0.00890. The van der Waals surface area contributed by atoms with Crippen LogP contribution in [0.25, 0.3) is 0 Å². The Hall–Kier alpha value is -0.170. The van der Waals surface area contributed by atoms with E-state index in [4.69, 9.17) is 4.74 Å². The third-order valence-electron chi connectivity index (χ3n) is 4.38. The molecule has 2 heterocycles. The first-order chi connectivity index (χ1) is 10.00. The molecule has 0 bridgehead atoms. The molecule has 2 fully saturated rings. The number of nitrogens with zero attached hydrogens (tertiary/aromatic N) is 2. The van der Waals surface area contributed by atoms with E-state index in [1.54, 1.807) is 8.61 Å². The normalized spacial score (nSPS) is 26.3. The van der Waals surface area contributed by atoms with Gasteiger partial charge in [0, 0.05) is 26.2 Å². The summed E-state index contributed by atoms with van der Waals surface area (Å²) in [5.74, 6) is 0.696. The van der Waals surface area contributed by atoms with Crippen LogP contribution in [0, 0.1) is 5.92 Å². The molecule has 6 heteroatoms. The third-order valence-corrected chi connectivity index (χ3v) is 6.38. The van der Waals surface area contributed by atoms with Crippen molar-refractivity contribution in [1.29, 1.82) is 0 Å². The Morgan fingerprint density at radius 3 is 2.48 bits per heavy atom. The molecule has 0 saturated carbocycles. The molecule has 0 aromatic rings. The Balaban J connectivity index is 1.87. The van der Waals surface area contributed by atoms with Crippen LogP contribution >= 0.6 is 0 Å². The van der Waals surface area contributed by atoms with E-state index in [9.17, 15) is 8.42 Å². The van der Waals surface area contributed by atoms with Crippen molar-refractivity contribution in [2.24, 2.45) is 5.92 Å². The van der Waals surface area contributed by atoms with E-state index in [0.29, 0.717) is 38.7 Å². The smallest absolute Gasteiger partial charge is 0.282 e. The molecular formula is C15H30N2O3S. The van der Waals surface area contributed by atoms with Gasteiger partial charge >= 0.3 is 0 Å². The monoisotopic (exact) mass is 318 g/mol. The highest BCUT2D eigenvalue weighted by Gasteiger charge is 2.34. The van der Waals surface area contributed by atoms with Crippen LogP contribution in [0.2, 0.25) is 0 Å². The molecule has 2 rings (SSSR count). The first kappa shape index (κ1) is 17.2. The Labute approximate surface area is 129 Å². The Morgan fingerprint density at radius 1 is 1.10 bits per heavy atom. The first-order valence-corrected chi connectivity index (χ1v) is 9.76. The van der Waals surface area contributed by atoms with Gasteiger partial charge in [0.15, 0.2) is 0 Å². The topological polar surface area (TPSA) is 49.9 Å². The molecule has 0 N–H and O–H groups in total. The van der Waals surface area contributed by atoms with Crippen LogP contribution in [0.1, 0.15) is 52.4 Å². The van der Waals surface area contributed by atoms with Gasteiger partial charge in [-0.1, -0.05) is 33.1 Å². The van der Waals surface area contributed by atoms with E-state index in [1.807, 2.05) is 0 Å². The zero-order chi connectivity index (χ0) is 15.3. The summed E-state index contributed by atoms with van der Waals surface area (Å²) in [4.78, 5) is 0. The molecule has 1 unspecified atom stereocenters. The summed E-state index contributed by atoms with van der Waals surface area (Å²) in [6.07, 6.45) is 6.44. The zero-order valence-corrected chi connectivity index (χ0v) is 14.3. The molecule has 0 aromatic carbocycles. The Kier molecular flexibility index (Phi) is 6.47. The van der Waals surface area contributed by atoms with E-state index in [2.05, 4.69) is 13.8 Å². The SMILES string of the molecule is CC(C)CCCC1CN(S(=O)(=O)N2CCCCC2)CCO1. The van der Waals surface area contributed by atoms with Gasteiger partial charge in [0.05, 0.1) is 12.7 Å². The fourth-order valence-electron chi connectivity index (χ4n) is 3.09. The van der Waals surface area contributed by atoms with E-state index in [0.717, 1.165) is 32.1 Å². The Morgan fingerprint density at radius 2 is 1.81 bits per heavy atom. The number of ether oxygens (including phenoxy) is 1. The molecule has 1 atom stereocenters. The van der Waals surface area contributed by atoms with Gasteiger partial charge in [0.1, 0.15) is 0 Å². The lowest BCUT2D eigenvalue weighted by atomic mass is 10.0. The van der Waals surface area contributed by atoms with Gasteiger partial charge in [-0.2, -0.15) is 17.0 Å². The summed E-state index contributed by atoms with van der Waals surface area (Å²) < 4.78 is 34.4. The quantitative estimate of drug-likeness (QED) is 0.755. The Bertz CT molecular complexity index is 405. The molecule has 2 aliphatic rings. The molecule has 2 aliphatic heterocycles. The van der Waals surface area contributed by atoms with Gasteiger partial charge in [-0.25, -0.2) is 0 Å². The summed E-state index contributed by atoms with van der Waals surface area (Å²) in [6, 6.07) is 0. The van der Waals surface area contributed by atoms with Crippen LogP contribution in [-0.4, -0.2) is 55.9 Å². The summed E-state index contributed by atoms with van der Waals surface area (Å²) >= 11 is 0. The van der Waals surface area contributed by atoms with Gasteiger partial charge in [-0.15, -0.1) is 0 Å². The molecule has 21 heavy (non-hydrogen) atoms. The molecular weight excluding hydrogens is 288 g/mol. The molecule has 0 aliphatic carbocycles. The largest absolute Gasteiger partial charge is 0.375 e. The van der Waals surface area contributed by atoms with Gasteiger partial charge in [-0.3, -0.25) is 0 Å². The van der Waals surface area contributed by atoms with Crippen molar-refractivity contribution in [2.75, 3.05) is 32.8 Å². The number of piperidine rings is 1. The second-order valence-corrected chi connectivity index (χ2v) is 8.57. The molecule has 0 amide bonds. The minimum Gasteiger partial charge on any atom is -0.375 e. The standard InChI is InChI=1S/C15H30N2O3S/c1-14(2)7-6-8-15-13-17(11-12-20-15)21(18,19)16-9-4-3-5-10-16/h14-15H,3-13H2,1-2H3. The third kappa shape index (κ3) is 4.91. The van der Waals surface area contributed by atoms with Crippen molar-refractivity contribution in [2.45, 2.75) is 58.5 Å². The summed E-state index contributed by atoms with van der Waals surface area (Å²) in [5.41, 5.74) is 0. The summed E-state index contributed by atoms with van der Waals surface area (Å²) in [6.45, 7) is 7.34. The fourth-order valence-corrected chi connectivity index (χ4v) is 4.80. The average Bonchev–Trinajstić information content (AvgIpc) is 2.48. The van der Waals surface area contributed by atoms with Crippen molar-refractivity contribution in [3.05, 3.63) is 0 Å². The van der Waals surface area contributed by atoms with Crippen LogP contribution in [-0.2, 0) is 14.9 Å².